The molecule has 0 unspecified atom stereocenters. The van der Waals surface area contributed by atoms with Gasteiger partial charge in [0.05, 0.1) is 11.1 Å². The van der Waals surface area contributed by atoms with Gasteiger partial charge in [-0.2, -0.15) is 26.3 Å². The summed E-state index contributed by atoms with van der Waals surface area (Å²) in [6, 6.07) is 6.53. The molecule has 0 amide bonds. The van der Waals surface area contributed by atoms with E-state index in [1.165, 1.54) is 12.1 Å². The van der Waals surface area contributed by atoms with Gasteiger partial charge in [0.15, 0.2) is 0 Å². The fraction of sp³-hybridized carbons (Fsp3) is 0.143. The maximum Gasteiger partial charge on any atom is 0.417 e. The van der Waals surface area contributed by atoms with Crippen molar-refractivity contribution in [1.29, 1.82) is 0 Å². The molecular formula is C14H7F6N. The summed E-state index contributed by atoms with van der Waals surface area (Å²) >= 11 is 0. The van der Waals surface area contributed by atoms with Gasteiger partial charge in [0.25, 0.3) is 0 Å². The maximum atomic E-state index is 13.1. The minimum atomic E-state index is -4.73. The third kappa shape index (κ3) is 2.12. The number of aromatic amines is 1. The first-order chi connectivity index (χ1) is 9.69. The minimum Gasteiger partial charge on any atom is -0.354 e. The molecule has 2 aromatic carbocycles. The van der Waals surface area contributed by atoms with Crippen LogP contribution >= 0.6 is 0 Å². The number of aromatic nitrogens is 1. The van der Waals surface area contributed by atoms with E-state index >= 15 is 0 Å². The highest BCUT2D eigenvalue weighted by molar-refractivity contribution is 6.11. The highest BCUT2D eigenvalue weighted by Crippen LogP contribution is 2.43. The molecule has 7 heteroatoms. The summed E-state index contributed by atoms with van der Waals surface area (Å²) < 4.78 is 78.3. The van der Waals surface area contributed by atoms with E-state index in [-0.39, 0.29) is 11.0 Å². The molecule has 0 radical (unpaired) electrons. The molecule has 0 aliphatic heterocycles. The lowest BCUT2D eigenvalue weighted by Gasteiger charge is -2.11. The predicted octanol–water partition coefficient (Wildman–Crippen LogP) is 5.36. The Balaban J connectivity index is 2.55. The summed E-state index contributed by atoms with van der Waals surface area (Å²) in [5.41, 5.74) is -2.11. The Morgan fingerprint density at radius 1 is 0.619 bits per heavy atom. The van der Waals surface area contributed by atoms with Gasteiger partial charge in [-0.15, -0.1) is 0 Å². The number of fused-ring (bicyclic) bond motifs is 3. The summed E-state index contributed by atoms with van der Waals surface area (Å²) in [4.78, 5) is 2.60. The second-order valence-corrected chi connectivity index (χ2v) is 4.58. The van der Waals surface area contributed by atoms with Crippen LogP contribution in [0.25, 0.3) is 21.8 Å². The van der Waals surface area contributed by atoms with Crippen LogP contribution in [0.5, 0.6) is 0 Å². The van der Waals surface area contributed by atoms with Crippen molar-refractivity contribution in [3.05, 3.63) is 47.5 Å². The predicted molar refractivity (Wildman–Crippen MR) is 65.8 cm³/mol. The molecule has 1 N–H and O–H groups in total. The molecule has 0 aliphatic carbocycles. The van der Waals surface area contributed by atoms with Crippen LogP contribution in [0.2, 0.25) is 0 Å². The van der Waals surface area contributed by atoms with E-state index in [0.717, 1.165) is 24.3 Å². The Hall–Kier alpha value is -2.18. The van der Waals surface area contributed by atoms with Crippen molar-refractivity contribution in [2.24, 2.45) is 0 Å². The van der Waals surface area contributed by atoms with E-state index in [1.807, 2.05) is 0 Å². The first-order valence-electron chi connectivity index (χ1n) is 5.87. The van der Waals surface area contributed by atoms with Gasteiger partial charge < -0.3 is 4.98 Å². The Morgan fingerprint density at radius 2 is 1.00 bits per heavy atom. The minimum absolute atomic E-state index is 0.0246. The summed E-state index contributed by atoms with van der Waals surface area (Å²) in [6.45, 7) is 0. The van der Waals surface area contributed by atoms with Gasteiger partial charge in [-0.05, 0) is 24.3 Å². The molecule has 0 bridgehead atoms. The van der Waals surface area contributed by atoms with Crippen LogP contribution in [0, 0.1) is 0 Å². The third-order valence-electron chi connectivity index (χ3n) is 3.26. The van der Waals surface area contributed by atoms with Gasteiger partial charge in [-0.1, -0.05) is 12.1 Å². The molecule has 1 heterocycles. The van der Waals surface area contributed by atoms with Crippen molar-refractivity contribution < 1.29 is 26.3 Å². The number of benzene rings is 2. The van der Waals surface area contributed by atoms with Crippen molar-refractivity contribution in [2.75, 3.05) is 0 Å². The standard InChI is InChI=1S/C14H7F6N/c15-13(16,17)7-3-1-5-9-11(7)12-8(14(18,19)20)4-2-6-10(12)21-9/h1-6,21H. The molecule has 1 nitrogen and oxygen atoms in total. The Kier molecular flexibility index (Phi) is 2.73. The fourth-order valence-electron chi connectivity index (χ4n) is 2.47. The number of halogens is 6. The Labute approximate surface area is 114 Å². The van der Waals surface area contributed by atoms with Gasteiger partial charge in [0.1, 0.15) is 0 Å². The molecule has 0 saturated carbocycles. The summed E-state index contributed by atoms with van der Waals surface area (Å²) in [5.74, 6) is 0. The topological polar surface area (TPSA) is 15.8 Å². The normalized spacial score (nSPS) is 13.2. The van der Waals surface area contributed by atoms with E-state index in [2.05, 4.69) is 4.98 Å². The van der Waals surface area contributed by atoms with Crippen LogP contribution < -0.4 is 0 Å². The number of H-pyrrole nitrogens is 1. The monoisotopic (exact) mass is 303 g/mol. The van der Waals surface area contributed by atoms with E-state index in [9.17, 15) is 26.3 Å². The molecule has 3 aromatic rings. The first kappa shape index (κ1) is 13.8. The maximum absolute atomic E-state index is 13.1. The van der Waals surface area contributed by atoms with Crippen LogP contribution in [0.4, 0.5) is 26.3 Å². The molecule has 0 aliphatic rings. The fourth-order valence-corrected chi connectivity index (χ4v) is 2.47. The van der Waals surface area contributed by atoms with E-state index in [4.69, 9.17) is 0 Å². The smallest absolute Gasteiger partial charge is 0.354 e. The lowest BCUT2D eigenvalue weighted by Crippen LogP contribution is -2.08. The Morgan fingerprint density at radius 3 is 1.33 bits per heavy atom. The van der Waals surface area contributed by atoms with Crippen LogP contribution in [0.1, 0.15) is 11.1 Å². The van der Waals surface area contributed by atoms with Crippen LogP contribution in [0.3, 0.4) is 0 Å². The zero-order valence-corrected chi connectivity index (χ0v) is 10.2. The van der Waals surface area contributed by atoms with Gasteiger partial charge in [-0.25, -0.2) is 0 Å². The zero-order valence-electron chi connectivity index (χ0n) is 10.2. The van der Waals surface area contributed by atoms with Crippen molar-refractivity contribution >= 4 is 21.8 Å². The van der Waals surface area contributed by atoms with Crippen molar-refractivity contribution in [1.82, 2.24) is 4.98 Å². The summed E-state index contributed by atoms with van der Waals surface area (Å²) in [7, 11) is 0. The van der Waals surface area contributed by atoms with Crippen molar-refractivity contribution in [3.63, 3.8) is 0 Å². The number of rotatable bonds is 0. The second-order valence-electron chi connectivity index (χ2n) is 4.58. The van der Waals surface area contributed by atoms with E-state index in [1.54, 1.807) is 0 Å². The molecule has 0 atom stereocenters. The van der Waals surface area contributed by atoms with Crippen molar-refractivity contribution in [3.8, 4) is 0 Å². The molecule has 1 aromatic heterocycles. The average Bonchev–Trinajstić information content (AvgIpc) is 2.74. The van der Waals surface area contributed by atoms with Crippen LogP contribution in [-0.2, 0) is 12.4 Å². The van der Waals surface area contributed by atoms with Gasteiger partial charge in [0.2, 0.25) is 0 Å². The molecule has 0 spiro atoms. The van der Waals surface area contributed by atoms with Gasteiger partial charge in [0, 0.05) is 21.8 Å². The average molecular weight is 303 g/mol. The zero-order chi connectivity index (χ0) is 15.4. The van der Waals surface area contributed by atoms with Crippen molar-refractivity contribution in [2.45, 2.75) is 12.4 Å². The SMILES string of the molecule is FC(F)(F)c1cccc2[nH]c3cccc(C(F)(F)F)c3c12. The number of nitrogens with one attached hydrogen (secondary N) is 1. The molecule has 110 valence electrons. The quantitative estimate of drug-likeness (QED) is 0.538. The molecule has 21 heavy (non-hydrogen) atoms. The Bertz CT molecular complexity index is 757. The number of hydrogen-bond donors (Lipinski definition) is 1. The summed E-state index contributed by atoms with van der Waals surface area (Å²) in [6.07, 6.45) is -9.46. The number of hydrogen-bond acceptors (Lipinski definition) is 0. The highest BCUT2D eigenvalue weighted by atomic mass is 19.4. The van der Waals surface area contributed by atoms with Crippen LogP contribution in [0.15, 0.2) is 36.4 Å². The third-order valence-corrected chi connectivity index (χ3v) is 3.26. The molecule has 3 rings (SSSR count). The van der Waals surface area contributed by atoms with E-state index in [0.29, 0.717) is 0 Å². The number of alkyl halides is 6. The molecule has 0 fully saturated rings. The lowest BCUT2D eigenvalue weighted by atomic mass is 10.0. The van der Waals surface area contributed by atoms with Gasteiger partial charge >= 0.3 is 12.4 Å². The second kappa shape index (κ2) is 4.16. The lowest BCUT2D eigenvalue weighted by molar-refractivity contribution is -0.138. The molecular weight excluding hydrogens is 296 g/mol. The first-order valence-corrected chi connectivity index (χ1v) is 5.87. The molecule has 0 saturated heterocycles. The van der Waals surface area contributed by atoms with Gasteiger partial charge in [-0.3, -0.25) is 0 Å². The largest absolute Gasteiger partial charge is 0.417 e. The highest BCUT2D eigenvalue weighted by Gasteiger charge is 2.37. The van der Waals surface area contributed by atoms with E-state index < -0.39 is 34.3 Å². The van der Waals surface area contributed by atoms with Crippen LogP contribution in [-0.4, -0.2) is 4.98 Å². The summed E-state index contributed by atoms with van der Waals surface area (Å²) in [5, 5.41) is -0.902.